The minimum atomic E-state index is 0.554. The van der Waals surface area contributed by atoms with Crippen molar-refractivity contribution in [1.29, 1.82) is 0 Å². The van der Waals surface area contributed by atoms with Crippen molar-refractivity contribution in [2.24, 2.45) is 0 Å². The van der Waals surface area contributed by atoms with E-state index in [0.717, 1.165) is 41.9 Å². The second-order valence-corrected chi connectivity index (χ2v) is 5.55. The summed E-state index contributed by atoms with van der Waals surface area (Å²) in [6.45, 7) is 2.14. The van der Waals surface area contributed by atoms with E-state index in [4.69, 9.17) is 0 Å². The molecule has 3 aliphatic heterocycles. The number of nitrogens with one attached hydrogen (secondary N) is 5. The van der Waals surface area contributed by atoms with Gasteiger partial charge in [0.25, 0.3) is 0 Å². The predicted octanol–water partition coefficient (Wildman–Crippen LogP) is 1.25. The summed E-state index contributed by atoms with van der Waals surface area (Å²) in [7, 11) is 0. The maximum Gasteiger partial charge on any atom is 0.109 e. The first kappa shape index (κ1) is 14.0. The standard InChI is InChI=1S/C10H8N4.C6H11N3/c1-2-4-11-8-5-9-10(6-12-14-9)13-7(8)3-1;1-2-5-6(7-3-1)4-8-9-5/h1-6,11H,(H,12,14);2,6-9H,1,3-4H2. The third-order valence-corrected chi connectivity index (χ3v) is 3.97. The first-order chi connectivity index (χ1) is 11.4. The van der Waals surface area contributed by atoms with Crippen LogP contribution in [0, 0.1) is 0 Å². The van der Waals surface area contributed by atoms with Crippen LogP contribution >= 0.6 is 0 Å². The molecular formula is C16H19N7. The van der Waals surface area contributed by atoms with E-state index in [1.54, 1.807) is 6.20 Å². The monoisotopic (exact) mass is 309 g/mol. The Kier molecular flexibility index (Phi) is 3.79. The van der Waals surface area contributed by atoms with Crippen LogP contribution in [-0.2, 0) is 0 Å². The zero-order chi connectivity index (χ0) is 15.5. The lowest BCUT2D eigenvalue weighted by Crippen LogP contribution is -2.35. The molecule has 0 saturated carbocycles. The maximum absolute atomic E-state index is 4.45. The Morgan fingerprint density at radius 1 is 1.22 bits per heavy atom. The third kappa shape index (κ3) is 2.96. The number of allylic oxidation sites excluding steroid dienone is 2. The molecule has 7 nitrogen and oxygen atoms in total. The van der Waals surface area contributed by atoms with Gasteiger partial charge in [0.05, 0.1) is 29.1 Å². The Labute approximate surface area is 133 Å². The van der Waals surface area contributed by atoms with Crippen molar-refractivity contribution in [1.82, 2.24) is 31.3 Å². The molecular weight excluding hydrogens is 290 g/mol. The van der Waals surface area contributed by atoms with Gasteiger partial charge >= 0.3 is 0 Å². The summed E-state index contributed by atoms with van der Waals surface area (Å²) in [6.07, 6.45) is 12.9. The fourth-order valence-electron chi connectivity index (χ4n) is 2.79. The molecule has 2 aromatic heterocycles. The van der Waals surface area contributed by atoms with Gasteiger partial charge in [0.1, 0.15) is 5.52 Å². The van der Waals surface area contributed by atoms with Gasteiger partial charge < -0.3 is 16.1 Å². The van der Waals surface area contributed by atoms with E-state index in [1.807, 2.05) is 30.5 Å². The van der Waals surface area contributed by atoms with Crippen molar-refractivity contribution in [3.05, 3.63) is 48.1 Å². The van der Waals surface area contributed by atoms with Crippen LogP contribution in [0.2, 0.25) is 0 Å². The number of aromatic amines is 1. The number of fused-ring (bicyclic) bond motifs is 3. The van der Waals surface area contributed by atoms with Crippen molar-refractivity contribution in [3.8, 4) is 0 Å². The number of aromatic nitrogens is 3. The molecule has 0 amide bonds. The van der Waals surface area contributed by atoms with Crippen LogP contribution in [0.1, 0.15) is 12.1 Å². The minimum Gasteiger partial charge on any atom is -0.360 e. The Bertz CT molecular complexity index is 787. The van der Waals surface area contributed by atoms with Gasteiger partial charge in [-0.2, -0.15) is 5.10 Å². The van der Waals surface area contributed by atoms with Crippen LogP contribution < -0.4 is 21.5 Å². The molecule has 1 saturated heterocycles. The van der Waals surface area contributed by atoms with Crippen LogP contribution in [0.5, 0.6) is 0 Å². The summed E-state index contributed by atoms with van der Waals surface area (Å²) in [6, 6.07) is 2.56. The van der Waals surface area contributed by atoms with Gasteiger partial charge in [-0.25, -0.2) is 10.4 Å². The second-order valence-electron chi connectivity index (χ2n) is 5.55. The van der Waals surface area contributed by atoms with Crippen LogP contribution in [0.25, 0.3) is 17.1 Å². The maximum atomic E-state index is 4.45. The number of nitrogens with zero attached hydrogens (tertiary/aromatic N) is 2. The molecule has 1 atom stereocenters. The quantitative estimate of drug-likeness (QED) is 0.503. The van der Waals surface area contributed by atoms with E-state index in [0.29, 0.717) is 6.04 Å². The fraction of sp³-hybridized carbons (Fsp3) is 0.250. The number of H-pyrrole nitrogens is 1. The molecule has 23 heavy (non-hydrogen) atoms. The van der Waals surface area contributed by atoms with Crippen LogP contribution in [0.4, 0.5) is 5.69 Å². The average Bonchev–Trinajstić information content (AvgIpc) is 3.17. The SMILES string of the molecule is C1=C2NNCC2NCC1.C1=CNc2cc3[nH]ncc3nc2C=C1. The molecule has 0 radical (unpaired) electrons. The lowest BCUT2D eigenvalue weighted by molar-refractivity contribution is 0.579. The summed E-state index contributed by atoms with van der Waals surface area (Å²) in [5.74, 6) is 0. The minimum absolute atomic E-state index is 0.554. The van der Waals surface area contributed by atoms with Crippen molar-refractivity contribution in [3.63, 3.8) is 0 Å². The lowest BCUT2D eigenvalue weighted by atomic mass is 10.1. The van der Waals surface area contributed by atoms with E-state index in [-0.39, 0.29) is 0 Å². The van der Waals surface area contributed by atoms with Gasteiger partial charge in [-0.05, 0) is 31.2 Å². The van der Waals surface area contributed by atoms with E-state index < -0.39 is 0 Å². The number of hydrogen-bond acceptors (Lipinski definition) is 6. The Hall–Kier alpha value is -2.64. The molecule has 3 aliphatic rings. The zero-order valence-electron chi connectivity index (χ0n) is 12.6. The number of rotatable bonds is 0. The van der Waals surface area contributed by atoms with Crippen molar-refractivity contribution < 1.29 is 0 Å². The molecule has 2 aromatic rings. The van der Waals surface area contributed by atoms with E-state index in [9.17, 15) is 0 Å². The molecule has 1 fully saturated rings. The number of anilines is 1. The fourth-order valence-corrected chi connectivity index (χ4v) is 2.79. The highest BCUT2D eigenvalue weighted by molar-refractivity contribution is 5.82. The predicted molar refractivity (Wildman–Crippen MR) is 91.3 cm³/mol. The van der Waals surface area contributed by atoms with Gasteiger partial charge in [-0.3, -0.25) is 5.10 Å². The molecule has 0 bridgehead atoms. The largest absolute Gasteiger partial charge is 0.360 e. The van der Waals surface area contributed by atoms with E-state index in [1.165, 1.54) is 5.70 Å². The average molecular weight is 309 g/mol. The highest BCUT2D eigenvalue weighted by atomic mass is 15.4. The topological polar surface area (TPSA) is 89.7 Å². The summed E-state index contributed by atoms with van der Waals surface area (Å²) >= 11 is 0. The lowest BCUT2D eigenvalue weighted by Gasteiger charge is -2.16. The molecule has 1 unspecified atom stereocenters. The van der Waals surface area contributed by atoms with E-state index in [2.05, 4.69) is 42.7 Å². The van der Waals surface area contributed by atoms with Gasteiger partial charge in [0.15, 0.2) is 0 Å². The smallest absolute Gasteiger partial charge is 0.109 e. The molecule has 118 valence electrons. The number of pyridine rings is 1. The van der Waals surface area contributed by atoms with Crippen LogP contribution in [0.3, 0.4) is 0 Å². The van der Waals surface area contributed by atoms with Crippen molar-refractivity contribution in [2.45, 2.75) is 12.5 Å². The van der Waals surface area contributed by atoms with Gasteiger partial charge in [-0.1, -0.05) is 12.2 Å². The Morgan fingerprint density at radius 2 is 2.22 bits per heavy atom. The van der Waals surface area contributed by atoms with Crippen LogP contribution in [-0.4, -0.2) is 34.3 Å². The van der Waals surface area contributed by atoms with Crippen LogP contribution in [0.15, 0.2) is 42.4 Å². The Balaban J connectivity index is 0.000000130. The van der Waals surface area contributed by atoms with Gasteiger partial charge in [0.2, 0.25) is 0 Å². The summed E-state index contributed by atoms with van der Waals surface area (Å²) < 4.78 is 0. The zero-order valence-corrected chi connectivity index (χ0v) is 12.6. The normalized spacial score (nSPS) is 21.2. The molecule has 0 aromatic carbocycles. The molecule has 5 heterocycles. The molecule has 0 aliphatic carbocycles. The van der Waals surface area contributed by atoms with Gasteiger partial charge in [-0.15, -0.1) is 0 Å². The first-order valence-corrected chi connectivity index (χ1v) is 7.76. The first-order valence-electron chi connectivity index (χ1n) is 7.76. The molecule has 5 rings (SSSR count). The summed E-state index contributed by atoms with van der Waals surface area (Å²) in [5.41, 5.74) is 11.3. The number of hydrazine groups is 1. The highest BCUT2D eigenvalue weighted by Crippen LogP contribution is 2.21. The summed E-state index contributed by atoms with van der Waals surface area (Å²) in [4.78, 5) is 4.45. The van der Waals surface area contributed by atoms with Crippen molar-refractivity contribution in [2.75, 3.05) is 18.4 Å². The van der Waals surface area contributed by atoms with Crippen molar-refractivity contribution >= 4 is 22.8 Å². The third-order valence-electron chi connectivity index (χ3n) is 3.97. The van der Waals surface area contributed by atoms with E-state index >= 15 is 0 Å². The highest BCUT2D eigenvalue weighted by Gasteiger charge is 2.20. The molecule has 7 heteroatoms. The molecule has 0 spiro atoms. The summed E-state index contributed by atoms with van der Waals surface area (Å²) in [5, 5.41) is 13.4. The number of hydrogen-bond donors (Lipinski definition) is 5. The second kappa shape index (κ2) is 6.23. The van der Waals surface area contributed by atoms with Gasteiger partial charge in [0, 0.05) is 18.4 Å². The molecule has 5 N–H and O–H groups in total. The Morgan fingerprint density at radius 3 is 3.17 bits per heavy atom.